The summed E-state index contributed by atoms with van der Waals surface area (Å²) in [4.78, 5) is 19.0. The predicted octanol–water partition coefficient (Wildman–Crippen LogP) is 3.94. The lowest BCUT2D eigenvalue weighted by Crippen LogP contribution is -2.57. The first-order valence-corrected chi connectivity index (χ1v) is 12.0. The Bertz CT molecular complexity index is 1260. The molecular weight excluding hydrogens is 428 g/mol. The van der Waals surface area contributed by atoms with E-state index in [-0.39, 0.29) is 11.4 Å². The Kier molecular flexibility index (Phi) is 5.64. The first kappa shape index (κ1) is 22.2. The summed E-state index contributed by atoms with van der Waals surface area (Å²) in [5, 5.41) is 17.1. The molecule has 2 unspecified atom stereocenters. The third kappa shape index (κ3) is 4.18. The van der Waals surface area contributed by atoms with E-state index in [9.17, 15) is 10.1 Å². The summed E-state index contributed by atoms with van der Waals surface area (Å²) in [5.41, 5.74) is 2.88. The number of nitrogens with one attached hydrogen (secondary N) is 1. The lowest BCUT2D eigenvalue weighted by atomic mass is 9.82. The highest BCUT2D eigenvalue weighted by Gasteiger charge is 2.44. The zero-order valence-corrected chi connectivity index (χ0v) is 19.9. The molecule has 0 aromatic carbocycles. The number of ether oxygens (including phenoxy) is 1. The van der Waals surface area contributed by atoms with Crippen LogP contribution in [0.15, 0.2) is 36.8 Å². The Hall–Kier alpha value is -3.60. The van der Waals surface area contributed by atoms with Gasteiger partial charge in [0.25, 0.3) is 0 Å². The highest BCUT2D eigenvalue weighted by atomic mass is 16.5. The van der Waals surface area contributed by atoms with E-state index in [0.717, 1.165) is 41.8 Å². The number of carbonyl (C=O) groups excluding carboxylic acids is 1. The van der Waals surface area contributed by atoms with Crippen LogP contribution in [0.25, 0.3) is 16.6 Å². The molecule has 2 aliphatic rings. The number of aromatic nitrogens is 3. The summed E-state index contributed by atoms with van der Waals surface area (Å²) in [5.74, 6) is 2.34. The van der Waals surface area contributed by atoms with Crippen LogP contribution in [0.2, 0.25) is 0 Å². The normalized spacial score (nSPS) is 22.4. The van der Waals surface area contributed by atoms with Crippen LogP contribution in [0.3, 0.4) is 0 Å². The molecule has 4 heterocycles. The molecule has 1 saturated carbocycles. The summed E-state index contributed by atoms with van der Waals surface area (Å²) in [6.45, 7) is 7.10. The van der Waals surface area contributed by atoms with Crippen molar-refractivity contribution in [3.8, 4) is 22.9 Å². The molecule has 1 amide bonds. The molecule has 5 rings (SSSR count). The number of hydrogen-bond donors (Lipinski definition) is 1. The van der Waals surface area contributed by atoms with Crippen molar-refractivity contribution in [2.45, 2.75) is 58.0 Å². The number of anilines is 1. The minimum atomic E-state index is -0.170. The zero-order valence-electron chi connectivity index (χ0n) is 19.9. The molecular formula is C26H30N6O2. The summed E-state index contributed by atoms with van der Waals surface area (Å²) in [6, 6.07) is 8.69. The van der Waals surface area contributed by atoms with Gasteiger partial charge in [0.2, 0.25) is 5.91 Å². The van der Waals surface area contributed by atoms with E-state index in [0.29, 0.717) is 29.9 Å². The minimum Gasteiger partial charge on any atom is -0.492 e. The van der Waals surface area contributed by atoms with Crippen LogP contribution in [0, 0.1) is 17.2 Å². The van der Waals surface area contributed by atoms with Gasteiger partial charge in [-0.1, -0.05) is 0 Å². The lowest BCUT2D eigenvalue weighted by Gasteiger charge is -2.46. The molecule has 1 saturated heterocycles. The van der Waals surface area contributed by atoms with E-state index >= 15 is 0 Å². The van der Waals surface area contributed by atoms with Gasteiger partial charge in [-0.25, -0.2) is 9.50 Å². The van der Waals surface area contributed by atoms with Crippen LogP contribution in [-0.4, -0.2) is 45.2 Å². The molecule has 0 radical (unpaired) electrons. The second kappa shape index (κ2) is 8.64. The Morgan fingerprint density at radius 1 is 1.35 bits per heavy atom. The predicted molar refractivity (Wildman–Crippen MR) is 130 cm³/mol. The molecule has 176 valence electrons. The molecule has 2 fully saturated rings. The number of fused-ring (bicyclic) bond motifs is 1. The maximum absolute atomic E-state index is 11.7. The average Bonchev–Trinajstić information content (AvgIpc) is 3.58. The Balaban J connectivity index is 1.46. The molecule has 8 nitrogen and oxygen atoms in total. The van der Waals surface area contributed by atoms with Crippen molar-refractivity contribution in [2.24, 2.45) is 5.92 Å². The fourth-order valence-electron chi connectivity index (χ4n) is 5.29. The maximum atomic E-state index is 11.7. The monoisotopic (exact) mass is 458 g/mol. The van der Waals surface area contributed by atoms with E-state index in [1.165, 1.54) is 12.8 Å². The summed E-state index contributed by atoms with van der Waals surface area (Å²) >= 11 is 0. The SMILES string of the molecule is CCOc1cc(-c2ccc(N3CCC(C)(NC(C)=O)CC3C3CC3)nc2)c2c(C#N)cnn2c1. The molecule has 34 heavy (non-hydrogen) atoms. The topological polar surface area (TPSA) is 95.5 Å². The first-order chi connectivity index (χ1) is 16.4. The van der Waals surface area contributed by atoms with E-state index in [2.05, 4.69) is 40.4 Å². The first-order valence-electron chi connectivity index (χ1n) is 12.0. The molecule has 3 aromatic heterocycles. The quantitative estimate of drug-likeness (QED) is 0.601. The lowest BCUT2D eigenvalue weighted by molar-refractivity contribution is -0.121. The van der Waals surface area contributed by atoms with E-state index in [1.807, 2.05) is 19.2 Å². The zero-order chi connectivity index (χ0) is 23.9. The van der Waals surface area contributed by atoms with Crippen molar-refractivity contribution in [1.29, 1.82) is 5.26 Å². The van der Waals surface area contributed by atoms with E-state index in [1.54, 1.807) is 23.8 Å². The number of amides is 1. The van der Waals surface area contributed by atoms with Crippen LogP contribution in [0.5, 0.6) is 5.75 Å². The molecule has 3 aromatic rings. The second-order valence-corrected chi connectivity index (χ2v) is 9.68. The standard InChI is InChI=1S/C26H30N6O2/c1-4-34-21-11-22(25-20(13-27)15-29-32(25)16-21)19-7-8-24(28-14-19)31-10-9-26(3,30-17(2)33)12-23(31)18-5-6-18/h7-8,11,14-16,18,23H,4-6,9-10,12H2,1-3H3,(H,30,33). The highest BCUT2D eigenvalue weighted by molar-refractivity contribution is 5.85. The molecule has 0 bridgehead atoms. The third-order valence-corrected chi connectivity index (χ3v) is 6.98. The van der Waals surface area contributed by atoms with E-state index in [4.69, 9.17) is 9.72 Å². The van der Waals surface area contributed by atoms with Gasteiger partial charge in [0, 0.05) is 42.4 Å². The summed E-state index contributed by atoms with van der Waals surface area (Å²) < 4.78 is 7.43. The van der Waals surface area contributed by atoms with Crippen LogP contribution >= 0.6 is 0 Å². The molecule has 1 aliphatic heterocycles. The number of piperidine rings is 1. The van der Waals surface area contributed by atoms with Gasteiger partial charge in [-0.3, -0.25) is 4.79 Å². The molecule has 8 heteroatoms. The second-order valence-electron chi connectivity index (χ2n) is 9.68. The smallest absolute Gasteiger partial charge is 0.217 e. The van der Waals surface area contributed by atoms with Gasteiger partial charge >= 0.3 is 0 Å². The number of rotatable bonds is 6. The molecule has 1 N–H and O–H groups in total. The van der Waals surface area contributed by atoms with Crippen LogP contribution < -0.4 is 15.0 Å². The molecule has 1 aliphatic carbocycles. The maximum Gasteiger partial charge on any atom is 0.217 e. The highest BCUT2D eigenvalue weighted by Crippen LogP contribution is 2.43. The van der Waals surface area contributed by atoms with Crippen LogP contribution in [0.4, 0.5) is 5.82 Å². The van der Waals surface area contributed by atoms with Crippen molar-refractivity contribution in [3.05, 3.63) is 42.4 Å². The Morgan fingerprint density at radius 2 is 2.18 bits per heavy atom. The fourth-order valence-corrected chi connectivity index (χ4v) is 5.29. The van der Waals surface area contributed by atoms with Gasteiger partial charge in [0.05, 0.1) is 30.1 Å². The largest absolute Gasteiger partial charge is 0.492 e. The van der Waals surface area contributed by atoms with Crippen LogP contribution in [-0.2, 0) is 4.79 Å². The minimum absolute atomic E-state index is 0.0326. The van der Waals surface area contributed by atoms with Gasteiger partial charge in [-0.2, -0.15) is 10.4 Å². The molecule has 2 atom stereocenters. The number of carbonyl (C=O) groups is 1. The van der Waals surface area contributed by atoms with Crippen LogP contribution in [0.1, 0.15) is 52.0 Å². The number of nitriles is 1. The Labute approximate surface area is 199 Å². The van der Waals surface area contributed by atoms with Crippen molar-refractivity contribution < 1.29 is 9.53 Å². The number of pyridine rings is 2. The number of nitrogens with zero attached hydrogens (tertiary/aromatic N) is 5. The fraction of sp³-hybridized carbons (Fsp3) is 0.462. The van der Waals surface area contributed by atoms with Crippen molar-refractivity contribution in [1.82, 2.24) is 19.9 Å². The summed E-state index contributed by atoms with van der Waals surface area (Å²) in [6.07, 6.45) is 9.53. The molecule has 0 spiro atoms. The van der Waals surface area contributed by atoms with Gasteiger partial charge in [0.15, 0.2) is 0 Å². The van der Waals surface area contributed by atoms with Crippen molar-refractivity contribution >= 4 is 17.2 Å². The van der Waals surface area contributed by atoms with Gasteiger partial charge in [-0.05, 0) is 63.6 Å². The Morgan fingerprint density at radius 3 is 2.82 bits per heavy atom. The van der Waals surface area contributed by atoms with Gasteiger partial charge in [-0.15, -0.1) is 0 Å². The average molecular weight is 459 g/mol. The van der Waals surface area contributed by atoms with E-state index < -0.39 is 0 Å². The summed E-state index contributed by atoms with van der Waals surface area (Å²) in [7, 11) is 0. The third-order valence-electron chi connectivity index (χ3n) is 6.98. The van der Waals surface area contributed by atoms with Crippen molar-refractivity contribution in [3.63, 3.8) is 0 Å². The van der Waals surface area contributed by atoms with Gasteiger partial charge < -0.3 is 15.0 Å². The van der Waals surface area contributed by atoms with Gasteiger partial charge in [0.1, 0.15) is 17.6 Å². The van der Waals surface area contributed by atoms with Crippen molar-refractivity contribution in [2.75, 3.05) is 18.1 Å². The number of hydrogen-bond acceptors (Lipinski definition) is 6.